The number of benzene rings is 3. The highest BCUT2D eigenvalue weighted by molar-refractivity contribution is 5.88. The molecule has 34 heavy (non-hydrogen) atoms. The molecule has 0 saturated heterocycles. The van der Waals surface area contributed by atoms with Gasteiger partial charge in [-0.3, -0.25) is 0 Å². The zero-order valence-corrected chi connectivity index (χ0v) is 19.0. The zero-order valence-electron chi connectivity index (χ0n) is 19.0. The number of ether oxygens (including phenoxy) is 1. The van der Waals surface area contributed by atoms with Gasteiger partial charge < -0.3 is 4.74 Å². The molecule has 3 aromatic carbocycles. The quantitative estimate of drug-likeness (QED) is 0.388. The topological polar surface area (TPSA) is 96.4 Å². The Labute approximate surface area is 196 Å². The highest BCUT2D eigenvalue weighted by atomic mass is 16.5. The van der Waals surface area contributed by atoms with Gasteiger partial charge >= 0.3 is 0 Å². The van der Waals surface area contributed by atoms with E-state index in [4.69, 9.17) is 4.74 Å². The van der Waals surface area contributed by atoms with Crippen molar-refractivity contribution in [3.8, 4) is 17.1 Å². The van der Waals surface area contributed by atoms with Crippen molar-refractivity contribution in [1.29, 1.82) is 0 Å². The maximum atomic E-state index is 5.58. The molecule has 0 saturated carbocycles. The number of hydrogen-bond donors (Lipinski definition) is 0. The second-order valence-corrected chi connectivity index (χ2v) is 7.80. The molecule has 2 aromatic heterocycles. The maximum Gasteiger partial charge on any atom is 0.190 e. The van der Waals surface area contributed by atoms with E-state index in [0.717, 1.165) is 28.1 Å². The fraction of sp³-hybridized carbons (Fsp3) is 0.120. The van der Waals surface area contributed by atoms with Gasteiger partial charge in [0.2, 0.25) is 0 Å². The summed E-state index contributed by atoms with van der Waals surface area (Å²) in [5, 5.41) is 25.1. The smallest absolute Gasteiger partial charge is 0.190 e. The van der Waals surface area contributed by atoms with E-state index in [1.54, 1.807) is 16.5 Å². The summed E-state index contributed by atoms with van der Waals surface area (Å²) in [6, 6.07) is 23.7. The first kappa shape index (κ1) is 21.2. The van der Waals surface area contributed by atoms with Crippen LogP contribution in [0.5, 0.6) is 5.75 Å². The number of nitrogens with zero attached hydrogens (tertiary/aromatic N) is 8. The van der Waals surface area contributed by atoms with Crippen LogP contribution in [0.2, 0.25) is 0 Å². The first-order chi connectivity index (χ1) is 16.6. The predicted octanol–water partition coefficient (Wildman–Crippen LogP) is 3.85. The second kappa shape index (κ2) is 9.07. The summed E-state index contributed by atoms with van der Waals surface area (Å²) < 4.78 is 8.93. The van der Waals surface area contributed by atoms with E-state index >= 15 is 0 Å². The van der Waals surface area contributed by atoms with Crippen LogP contribution in [-0.4, -0.2) is 47.5 Å². The lowest BCUT2D eigenvalue weighted by molar-refractivity contribution is 0.414. The summed E-state index contributed by atoms with van der Waals surface area (Å²) in [4.78, 5) is 0. The Morgan fingerprint density at radius 3 is 1.71 bits per heavy atom. The molecule has 0 aliphatic rings. The average molecular weight is 451 g/mol. The molecule has 5 rings (SSSR count). The molecule has 0 bridgehead atoms. The molecule has 0 spiro atoms. The minimum absolute atomic E-state index is 0.498. The van der Waals surface area contributed by atoms with E-state index in [1.165, 1.54) is 0 Å². The summed E-state index contributed by atoms with van der Waals surface area (Å²) >= 11 is 0. The van der Waals surface area contributed by atoms with Gasteiger partial charge in [-0.1, -0.05) is 53.6 Å². The van der Waals surface area contributed by atoms with Crippen LogP contribution in [0, 0.1) is 13.8 Å². The highest BCUT2D eigenvalue weighted by Gasteiger charge is 2.22. The van der Waals surface area contributed by atoms with E-state index in [-0.39, 0.29) is 0 Å². The summed E-state index contributed by atoms with van der Waals surface area (Å²) in [5.41, 5.74) is 5.42. The van der Waals surface area contributed by atoms with Crippen molar-refractivity contribution in [3.05, 3.63) is 101 Å². The number of rotatable bonds is 6. The van der Waals surface area contributed by atoms with Crippen LogP contribution in [0.25, 0.3) is 23.0 Å². The number of para-hydroxylation sites is 1. The van der Waals surface area contributed by atoms with E-state index in [0.29, 0.717) is 23.0 Å². The lowest BCUT2D eigenvalue weighted by atomic mass is 10.1. The SMILES string of the molecule is COc1ccccc1C=C(c1nnnn1-c1ccc(C)cc1)c1nnnn1-c1ccc(C)cc1. The van der Waals surface area contributed by atoms with Gasteiger partial charge in [0, 0.05) is 5.56 Å². The monoisotopic (exact) mass is 450 g/mol. The molecule has 2 heterocycles. The number of methoxy groups -OCH3 is 1. The molecule has 9 heteroatoms. The minimum atomic E-state index is 0.498. The molecule has 168 valence electrons. The molecule has 0 fully saturated rings. The number of hydrogen-bond acceptors (Lipinski definition) is 7. The van der Waals surface area contributed by atoms with Crippen molar-refractivity contribution < 1.29 is 4.74 Å². The van der Waals surface area contributed by atoms with E-state index in [9.17, 15) is 0 Å². The van der Waals surface area contributed by atoms with Gasteiger partial charge in [0.25, 0.3) is 0 Å². The predicted molar refractivity (Wildman–Crippen MR) is 128 cm³/mol. The third kappa shape index (κ3) is 4.06. The van der Waals surface area contributed by atoms with Crippen molar-refractivity contribution in [1.82, 2.24) is 40.4 Å². The number of aromatic nitrogens is 8. The van der Waals surface area contributed by atoms with Crippen molar-refractivity contribution >= 4 is 11.6 Å². The molecule has 0 unspecified atom stereocenters. The fourth-order valence-electron chi connectivity index (χ4n) is 3.60. The zero-order chi connectivity index (χ0) is 23.5. The van der Waals surface area contributed by atoms with Crippen LogP contribution in [0.15, 0.2) is 72.8 Å². The van der Waals surface area contributed by atoms with Crippen LogP contribution in [-0.2, 0) is 0 Å². The van der Waals surface area contributed by atoms with Gasteiger partial charge in [-0.2, -0.15) is 9.36 Å². The van der Waals surface area contributed by atoms with Gasteiger partial charge in [0.15, 0.2) is 11.6 Å². The summed E-state index contributed by atoms with van der Waals surface area (Å²) in [7, 11) is 1.64. The van der Waals surface area contributed by atoms with Gasteiger partial charge in [-0.25, -0.2) is 0 Å². The third-order valence-electron chi connectivity index (χ3n) is 5.42. The normalized spacial score (nSPS) is 10.8. The Hall–Kier alpha value is -4.66. The van der Waals surface area contributed by atoms with Gasteiger partial charge in [-0.05, 0) is 71.1 Å². The second-order valence-electron chi connectivity index (χ2n) is 7.80. The first-order valence-corrected chi connectivity index (χ1v) is 10.7. The Kier molecular flexibility index (Phi) is 5.65. The molecule has 0 aliphatic heterocycles. The molecular weight excluding hydrogens is 428 g/mol. The summed E-state index contributed by atoms with van der Waals surface area (Å²) in [6.07, 6.45) is 1.94. The average Bonchev–Trinajstić information content (AvgIpc) is 3.54. The van der Waals surface area contributed by atoms with Crippen molar-refractivity contribution in [2.24, 2.45) is 0 Å². The van der Waals surface area contributed by atoms with Crippen LogP contribution in [0.3, 0.4) is 0 Å². The van der Waals surface area contributed by atoms with Crippen molar-refractivity contribution in [2.75, 3.05) is 7.11 Å². The van der Waals surface area contributed by atoms with Crippen LogP contribution in [0.1, 0.15) is 28.3 Å². The maximum absolute atomic E-state index is 5.58. The Balaban J connectivity index is 1.73. The molecule has 9 nitrogen and oxygen atoms in total. The van der Waals surface area contributed by atoms with Crippen LogP contribution < -0.4 is 4.74 Å². The lowest BCUT2D eigenvalue weighted by Gasteiger charge is -2.11. The van der Waals surface area contributed by atoms with E-state index < -0.39 is 0 Å². The molecule has 0 N–H and O–H groups in total. The third-order valence-corrected chi connectivity index (χ3v) is 5.42. The van der Waals surface area contributed by atoms with Crippen LogP contribution in [0.4, 0.5) is 0 Å². The highest BCUT2D eigenvalue weighted by Crippen LogP contribution is 2.29. The molecule has 5 aromatic rings. The number of aryl methyl sites for hydroxylation is 2. The standard InChI is InChI=1S/C25H22N8O/c1-17-8-12-20(13-9-17)32-24(26-28-30-32)22(16-19-6-4-5-7-23(19)34-3)25-27-29-31-33(25)21-14-10-18(2)11-15-21/h4-16H,1-3H3. The molecule has 0 aliphatic carbocycles. The number of tetrazole rings is 2. The summed E-state index contributed by atoms with van der Waals surface area (Å²) in [6.45, 7) is 4.07. The molecule has 0 radical (unpaired) electrons. The van der Waals surface area contributed by atoms with E-state index in [1.807, 2.05) is 92.7 Å². The molecule has 0 atom stereocenters. The minimum Gasteiger partial charge on any atom is -0.496 e. The Morgan fingerprint density at radius 2 is 1.21 bits per heavy atom. The fourth-order valence-corrected chi connectivity index (χ4v) is 3.60. The van der Waals surface area contributed by atoms with Crippen molar-refractivity contribution in [2.45, 2.75) is 13.8 Å². The van der Waals surface area contributed by atoms with Gasteiger partial charge in [0.1, 0.15) is 5.75 Å². The Bertz CT molecular complexity index is 1360. The largest absolute Gasteiger partial charge is 0.496 e. The van der Waals surface area contributed by atoms with E-state index in [2.05, 4.69) is 31.1 Å². The van der Waals surface area contributed by atoms with Gasteiger partial charge in [0.05, 0.1) is 24.1 Å². The molecular formula is C25H22N8O. The van der Waals surface area contributed by atoms with Gasteiger partial charge in [-0.15, -0.1) is 10.2 Å². The summed E-state index contributed by atoms with van der Waals surface area (Å²) in [5.74, 6) is 1.71. The lowest BCUT2D eigenvalue weighted by Crippen LogP contribution is -2.09. The van der Waals surface area contributed by atoms with Crippen LogP contribution >= 0.6 is 0 Å². The Morgan fingerprint density at radius 1 is 0.706 bits per heavy atom. The molecule has 0 amide bonds. The van der Waals surface area contributed by atoms with Crippen molar-refractivity contribution in [3.63, 3.8) is 0 Å². The first-order valence-electron chi connectivity index (χ1n) is 10.7.